The smallest absolute Gasteiger partial charge is 0.184 e. The minimum Gasteiger partial charge on any atom is -0.379 e. The van der Waals surface area contributed by atoms with Gasteiger partial charge in [0.1, 0.15) is 11.3 Å². The van der Waals surface area contributed by atoms with Crippen LogP contribution in [0.2, 0.25) is 0 Å². The van der Waals surface area contributed by atoms with Gasteiger partial charge in [-0.1, -0.05) is 0 Å². The number of aromatic nitrogens is 2. The Morgan fingerprint density at radius 2 is 2.26 bits per heavy atom. The molecule has 1 saturated heterocycles. The average molecular weight is 287 g/mol. The summed E-state index contributed by atoms with van der Waals surface area (Å²) in [4.78, 5) is 4.37. The number of aryl methyl sites for hydroxylation is 1. The number of ether oxygens (including phenoxy) is 1. The van der Waals surface area contributed by atoms with Crippen molar-refractivity contribution in [1.82, 2.24) is 9.55 Å². The van der Waals surface area contributed by atoms with E-state index < -0.39 is 11.6 Å². The van der Waals surface area contributed by atoms with E-state index >= 15 is 0 Å². The lowest BCUT2D eigenvalue weighted by atomic mass is 10.2. The van der Waals surface area contributed by atoms with E-state index in [-0.39, 0.29) is 11.6 Å². The summed E-state index contributed by atoms with van der Waals surface area (Å²) < 4.78 is 34.6. The second kappa shape index (κ2) is 5.06. The molecule has 1 atom stereocenters. The maximum Gasteiger partial charge on any atom is 0.184 e. The lowest BCUT2D eigenvalue weighted by molar-refractivity contribution is 0.186. The van der Waals surface area contributed by atoms with Gasteiger partial charge in [-0.05, 0) is 18.6 Å². The number of rotatable bonds is 3. The van der Waals surface area contributed by atoms with Gasteiger partial charge in [-0.25, -0.2) is 13.8 Å². The first-order valence-electron chi connectivity index (χ1n) is 6.21. The monoisotopic (exact) mass is 286 g/mol. The van der Waals surface area contributed by atoms with Crippen LogP contribution in [0.15, 0.2) is 12.1 Å². The maximum absolute atomic E-state index is 14.1. The Balaban J connectivity index is 2.23. The van der Waals surface area contributed by atoms with Crippen molar-refractivity contribution < 1.29 is 13.5 Å². The molecule has 3 rings (SSSR count). The first kappa shape index (κ1) is 12.8. The van der Waals surface area contributed by atoms with Crippen LogP contribution in [0.5, 0.6) is 0 Å². The van der Waals surface area contributed by atoms with Crippen molar-refractivity contribution in [2.75, 3.05) is 19.1 Å². The minimum absolute atomic E-state index is 0.000448. The Morgan fingerprint density at radius 1 is 1.42 bits per heavy atom. The third-order valence-electron chi connectivity index (χ3n) is 3.41. The van der Waals surface area contributed by atoms with E-state index in [0.29, 0.717) is 36.9 Å². The van der Waals surface area contributed by atoms with Crippen LogP contribution in [0.4, 0.5) is 8.78 Å². The van der Waals surface area contributed by atoms with E-state index in [9.17, 15) is 8.78 Å². The van der Waals surface area contributed by atoms with E-state index in [0.717, 1.165) is 12.5 Å². The molecule has 0 N–H and O–H groups in total. The summed E-state index contributed by atoms with van der Waals surface area (Å²) in [6.07, 6.45) is 1.30. The van der Waals surface area contributed by atoms with Crippen molar-refractivity contribution >= 4 is 22.6 Å². The highest BCUT2D eigenvalue weighted by atomic mass is 35.5. The zero-order valence-corrected chi connectivity index (χ0v) is 11.0. The molecule has 1 aliphatic rings. The molecule has 1 unspecified atom stereocenters. The van der Waals surface area contributed by atoms with Gasteiger partial charge in [-0.2, -0.15) is 0 Å². The topological polar surface area (TPSA) is 27.1 Å². The molecule has 6 heteroatoms. The maximum atomic E-state index is 14.1. The molecule has 0 amide bonds. The van der Waals surface area contributed by atoms with Crippen LogP contribution in [-0.2, 0) is 11.2 Å². The van der Waals surface area contributed by atoms with Crippen LogP contribution in [0.25, 0.3) is 11.0 Å². The van der Waals surface area contributed by atoms with Gasteiger partial charge in [-0.15, -0.1) is 11.6 Å². The number of fused-ring (bicyclic) bond motifs is 1. The Morgan fingerprint density at radius 3 is 2.95 bits per heavy atom. The van der Waals surface area contributed by atoms with Crippen LogP contribution < -0.4 is 0 Å². The molecule has 3 nitrogen and oxygen atoms in total. The molecule has 2 heterocycles. The van der Waals surface area contributed by atoms with E-state index in [1.54, 1.807) is 4.57 Å². The van der Waals surface area contributed by atoms with Crippen molar-refractivity contribution in [2.45, 2.75) is 18.9 Å². The molecular formula is C13H13ClF2N2O. The van der Waals surface area contributed by atoms with Gasteiger partial charge in [0, 0.05) is 18.9 Å². The largest absolute Gasteiger partial charge is 0.379 e. The number of hydrogen-bond acceptors (Lipinski definition) is 2. The second-order valence-electron chi connectivity index (χ2n) is 4.58. The predicted molar refractivity (Wildman–Crippen MR) is 68.5 cm³/mol. The predicted octanol–water partition coefficient (Wildman–Crippen LogP) is 3.06. The van der Waals surface area contributed by atoms with Gasteiger partial charge in [0.25, 0.3) is 0 Å². The second-order valence-corrected chi connectivity index (χ2v) is 4.96. The number of halogens is 3. The molecule has 0 aliphatic carbocycles. The van der Waals surface area contributed by atoms with Gasteiger partial charge in [0.15, 0.2) is 11.6 Å². The fraction of sp³-hybridized carbons (Fsp3) is 0.462. The Kier molecular flexibility index (Phi) is 3.41. The van der Waals surface area contributed by atoms with Gasteiger partial charge >= 0.3 is 0 Å². The van der Waals surface area contributed by atoms with Crippen molar-refractivity contribution in [3.63, 3.8) is 0 Å². The van der Waals surface area contributed by atoms with Gasteiger partial charge in [0.2, 0.25) is 0 Å². The van der Waals surface area contributed by atoms with Crippen molar-refractivity contribution in [1.29, 1.82) is 0 Å². The molecular weight excluding hydrogens is 274 g/mol. The highest BCUT2D eigenvalue weighted by molar-refractivity contribution is 6.17. The summed E-state index contributed by atoms with van der Waals surface area (Å²) in [6, 6.07) is 2.60. The fourth-order valence-corrected chi connectivity index (χ4v) is 2.72. The molecule has 0 bridgehead atoms. The quantitative estimate of drug-likeness (QED) is 0.811. The lowest BCUT2D eigenvalue weighted by Gasteiger charge is -2.15. The van der Waals surface area contributed by atoms with Gasteiger partial charge in [0.05, 0.1) is 18.2 Å². The minimum atomic E-state index is -0.856. The molecule has 1 fully saturated rings. The summed E-state index contributed by atoms with van der Waals surface area (Å²) in [5, 5.41) is 0. The van der Waals surface area contributed by atoms with Crippen LogP contribution in [0, 0.1) is 11.6 Å². The molecule has 0 radical (unpaired) electrons. The number of imidazole rings is 1. The molecule has 0 spiro atoms. The standard InChI is InChI=1S/C13H13ClF2N2O/c14-5-3-11-17-10-2-1-9(15)12(16)13(10)18(11)8-4-6-19-7-8/h1-2,8H,3-7H2. The highest BCUT2D eigenvalue weighted by Crippen LogP contribution is 2.29. The van der Waals surface area contributed by atoms with Gasteiger partial charge in [-0.3, -0.25) is 0 Å². The SMILES string of the molecule is Fc1ccc2nc(CCCl)n(C3CCOC3)c2c1F. The Hall–Kier alpha value is -1.20. The number of benzene rings is 1. The summed E-state index contributed by atoms with van der Waals surface area (Å²) >= 11 is 5.76. The van der Waals surface area contributed by atoms with Crippen molar-refractivity contribution in [2.24, 2.45) is 0 Å². The fourth-order valence-electron chi connectivity index (χ4n) is 2.55. The first-order chi connectivity index (χ1) is 9.22. The first-order valence-corrected chi connectivity index (χ1v) is 6.74. The molecule has 1 aromatic carbocycles. The van der Waals surface area contributed by atoms with E-state index in [1.807, 2.05) is 0 Å². The molecule has 19 heavy (non-hydrogen) atoms. The Labute approximate surface area is 114 Å². The normalized spacial score (nSPS) is 19.4. The summed E-state index contributed by atoms with van der Waals surface area (Å²) in [7, 11) is 0. The molecule has 2 aromatic rings. The Bertz CT molecular complexity index is 608. The highest BCUT2D eigenvalue weighted by Gasteiger charge is 2.25. The summed E-state index contributed by atoms with van der Waals surface area (Å²) in [5.41, 5.74) is 0.682. The summed E-state index contributed by atoms with van der Waals surface area (Å²) in [6.45, 7) is 1.12. The third-order valence-corrected chi connectivity index (χ3v) is 3.59. The molecule has 0 saturated carbocycles. The van der Waals surface area contributed by atoms with Crippen LogP contribution in [0.1, 0.15) is 18.3 Å². The van der Waals surface area contributed by atoms with Crippen molar-refractivity contribution in [3.05, 3.63) is 29.6 Å². The number of alkyl halides is 1. The summed E-state index contributed by atoms with van der Waals surface area (Å²) in [5.74, 6) is -0.631. The van der Waals surface area contributed by atoms with E-state index in [4.69, 9.17) is 16.3 Å². The van der Waals surface area contributed by atoms with E-state index in [1.165, 1.54) is 6.07 Å². The van der Waals surface area contributed by atoms with Crippen LogP contribution in [-0.4, -0.2) is 28.6 Å². The van der Waals surface area contributed by atoms with Crippen LogP contribution in [0.3, 0.4) is 0 Å². The van der Waals surface area contributed by atoms with E-state index in [2.05, 4.69) is 4.98 Å². The zero-order chi connectivity index (χ0) is 13.4. The zero-order valence-electron chi connectivity index (χ0n) is 10.2. The average Bonchev–Trinajstić information content (AvgIpc) is 3.01. The third kappa shape index (κ3) is 2.11. The lowest BCUT2D eigenvalue weighted by Crippen LogP contribution is -2.13. The molecule has 1 aromatic heterocycles. The molecule has 1 aliphatic heterocycles. The van der Waals surface area contributed by atoms with Crippen molar-refractivity contribution in [3.8, 4) is 0 Å². The van der Waals surface area contributed by atoms with Gasteiger partial charge < -0.3 is 9.30 Å². The van der Waals surface area contributed by atoms with Crippen LogP contribution >= 0.6 is 11.6 Å². The number of hydrogen-bond donors (Lipinski definition) is 0. The number of nitrogens with zero attached hydrogens (tertiary/aromatic N) is 2. The molecule has 102 valence electrons.